The van der Waals surface area contributed by atoms with Crippen LogP contribution < -0.4 is 5.73 Å². The van der Waals surface area contributed by atoms with Gasteiger partial charge in [-0.3, -0.25) is 4.57 Å². The molecule has 2 aromatic heterocycles. The first-order chi connectivity index (χ1) is 9.63. The highest BCUT2D eigenvalue weighted by Gasteiger charge is 2.43. The molecule has 3 rings (SSSR count). The maximum atomic E-state index is 10.2. The van der Waals surface area contributed by atoms with Crippen LogP contribution in [0.5, 0.6) is 0 Å². The van der Waals surface area contributed by atoms with Crippen molar-refractivity contribution >= 4 is 28.7 Å². The minimum atomic E-state index is -1.05. The Morgan fingerprint density at radius 2 is 2.15 bits per heavy atom. The summed E-state index contributed by atoms with van der Waals surface area (Å²) in [4.78, 5) is 12.0. The zero-order valence-corrected chi connectivity index (χ0v) is 11.6. The lowest BCUT2D eigenvalue weighted by molar-refractivity contribution is -0.0285. The number of hydrogen-bond acceptors (Lipinski definition) is 8. The molecule has 0 aromatic carbocycles. The van der Waals surface area contributed by atoms with Crippen LogP contribution in [0.2, 0.25) is 0 Å². The predicted octanol–water partition coefficient (Wildman–Crippen LogP) is -0.609. The number of hydrogen-bond donors (Lipinski definition) is 3. The summed E-state index contributed by atoms with van der Waals surface area (Å²) in [6.07, 6.45) is 1.53. The van der Waals surface area contributed by atoms with E-state index in [4.69, 9.17) is 10.5 Å². The summed E-state index contributed by atoms with van der Waals surface area (Å²) < 4.78 is 7.29. The van der Waals surface area contributed by atoms with Crippen molar-refractivity contribution < 1.29 is 14.9 Å². The molecule has 1 fully saturated rings. The van der Waals surface area contributed by atoms with Gasteiger partial charge in [0.1, 0.15) is 30.4 Å². The van der Waals surface area contributed by atoms with Gasteiger partial charge in [-0.2, -0.15) is 11.8 Å². The molecule has 4 N–H and O–H groups in total. The number of rotatable bonds is 3. The first kappa shape index (κ1) is 13.6. The Morgan fingerprint density at radius 3 is 2.90 bits per heavy atom. The third-order valence-electron chi connectivity index (χ3n) is 3.34. The van der Waals surface area contributed by atoms with Gasteiger partial charge in [-0.15, -0.1) is 0 Å². The summed E-state index contributed by atoms with van der Waals surface area (Å²) in [6, 6.07) is 0. The van der Waals surface area contributed by atoms with E-state index in [1.54, 1.807) is 16.3 Å². The zero-order valence-electron chi connectivity index (χ0n) is 10.7. The average molecular weight is 297 g/mol. The number of anilines is 1. The molecule has 1 aliphatic rings. The van der Waals surface area contributed by atoms with E-state index in [0.29, 0.717) is 16.9 Å². The number of imidazole rings is 1. The Bertz CT molecular complexity index is 621. The maximum Gasteiger partial charge on any atom is 0.183 e. The van der Waals surface area contributed by atoms with Crippen molar-refractivity contribution in [2.45, 2.75) is 24.5 Å². The number of thioether (sulfide) groups is 1. The first-order valence-corrected chi connectivity index (χ1v) is 7.46. The molecule has 2 aromatic rings. The van der Waals surface area contributed by atoms with E-state index in [1.807, 2.05) is 6.26 Å². The lowest BCUT2D eigenvalue weighted by atomic mass is 10.1. The molecule has 108 valence electrons. The van der Waals surface area contributed by atoms with E-state index in [-0.39, 0.29) is 5.82 Å². The summed E-state index contributed by atoms with van der Waals surface area (Å²) in [5.41, 5.74) is 6.75. The number of aliphatic hydroxyl groups excluding tert-OH is 2. The van der Waals surface area contributed by atoms with E-state index in [2.05, 4.69) is 15.0 Å². The quantitative estimate of drug-likeness (QED) is 0.686. The standard InChI is InChI=1S/C11H15N5O3S/c1-20-2-5-7(17)8(18)11(19-5)16-4-15-10-6(16)9(12)13-3-14-10/h3-5,7-8,11,17-18H,2H2,1H3,(H2,12,13,14). The number of nitrogens with two attached hydrogens (primary N) is 1. The van der Waals surface area contributed by atoms with Crippen LogP contribution in [0.15, 0.2) is 12.7 Å². The van der Waals surface area contributed by atoms with Gasteiger partial charge in [0.25, 0.3) is 0 Å². The third kappa shape index (κ3) is 2.03. The van der Waals surface area contributed by atoms with Gasteiger partial charge in [0.15, 0.2) is 17.7 Å². The van der Waals surface area contributed by atoms with Crippen LogP contribution in [0.1, 0.15) is 6.23 Å². The second-order valence-electron chi connectivity index (χ2n) is 4.58. The molecule has 9 heteroatoms. The van der Waals surface area contributed by atoms with Gasteiger partial charge in [-0.05, 0) is 6.26 Å². The Balaban J connectivity index is 1.99. The summed E-state index contributed by atoms with van der Waals surface area (Å²) in [5, 5.41) is 20.2. The van der Waals surface area contributed by atoms with Crippen molar-refractivity contribution in [2.24, 2.45) is 0 Å². The van der Waals surface area contributed by atoms with Gasteiger partial charge in [0.2, 0.25) is 0 Å². The fourth-order valence-corrected chi connectivity index (χ4v) is 2.96. The highest BCUT2D eigenvalue weighted by atomic mass is 32.2. The largest absolute Gasteiger partial charge is 0.387 e. The minimum Gasteiger partial charge on any atom is -0.387 e. The lowest BCUT2D eigenvalue weighted by Crippen LogP contribution is -2.32. The number of fused-ring (bicyclic) bond motifs is 1. The molecule has 8 nitrogen and oxygen atoms in total. The van der Waals surface area contributed by atoms with Gasteiger partial charge in [-0.25, -0.2) is 15.0 Å². The van der Waals surface area contributed by atoms with Gasteiger partial charge in [0, 0.05) is 5.75 Å². The second-order valence-corrected chi connectivity index (χ2v) is 5.50. The topological polar surface area (TPSA) is 119 Å². The Hall–Kier alpha value is -1.42. The molecule has 0 amide bonds. The van der Waals surface area contributed by atoms with Crippen molar-refractivity contribution in [3.05, 3.63) is 12.7 Å². The third-order valence-corrected chi connectivity index (χ3v) is 4.00. The molecule has 1 saturated heterocycles. The maximum absolute atomic E-state index is 10.2. The number of nitrogen functional groups attached to an aromatic ring is 1. The fourth-order valence-electron chi connectivity index (χ4n) is 2.35. The molecular weight excluding hydrogens is 282 g/mol. The highest BCUT2D eigenvalue weighted by molar-refractivity contribution is 7.98. The smallest absolute Gasteiger partial charge is 0.183 e. The monoisotopic (exact) mass is 297 g/mol. The van der Waals surface area contributed by atoms with Crippen molar-refractivity contribution in [3.8, 4) is 0 Å². The molecular formula is C11H15N5O3S. The summed E-state index contributed by atoms with van der Waals surface area (Å²) in [7, 11) is 0. The molecule has 0 aliphatic carbocycles. The molecule has 4 unspecified atom stereocenters. The van der Waals surface area contributed by atoms with Crippen LogP contribution in [-0.4, -0.2) is 60.1 Å². The molecule has 0 bridgehead atoms. The molecule has 3 heterocycles. The van der Waals surface area contributed by atoms with Gasteiger partial charge in [0.05, 0.1) is 6.10 Å². The first-order valence-electron chi connectivity index (χ1n) is 6.07. The van der Waals surface area contributed by atoms with Crippen molar-refractivity contribution in [3.63, 3.8) is 0 Å². The van der Waals surface area contributed by atoms with Crippen LogP contribution in [0.4, 0.5) is 5.82 Å². The van der Waals surface area contributed by atoms with Crippen LogP contribution >= 0.6 is 11.8 Å². The lowest BCUT2D eigenvalue weighted by Gasteiger charge is -2.17. The fraction of sp³-hybridized carbons (Fsp3) is 0.545. The number of aliphatic hydroxyl groups is 2. The van der Waals surface area contributed by atoms with Crippen molar-refractivity contribution in [1.82, 2.24) is 19.5 Å². The van der Waals surface area contributed by atoms with Crippen LogP contribution in [0, 0.1) is 0 Å². The highest BCUT2D eigenvalue weighted by Crippen LogP contribution is 2.33. The minimum absolute atomic E-state index is 0.256. The van der Waals surface area contributed by atoms with Gasteiger partial charge >= 0.3 is 0 Å². The van der Waals surface area contributed by atoms with Gasteiger partial charge < -0.3 is 20.7 Å². The van der Waals surface area contributed by atoms with Crippen LogP contribution in [-0.2, 0) is 4.74 Å². The molecule has 0 radical (unpaired) electrons. The summed E-state index contributed by atoms with van der Waals surface area (Å²) >= 11 is 1.54. The molecule has 20 heavy (non-hydrogen) atoms. The molecule has 0 spiro atoms. The van der Waals surface area contributed by atoms with E-state index in [9.17, 15) is 10.2 Å². The van der Waals surface area contributed by atoms with Crippen LogP contribution in [0.3, 0.4) is 0 Å². The molecule has 4 atom stereocenters. The van der Waals surface area contributed by atoms with E-state index in [1.165, 1.54) is 12.7 Å². The second kappa shape index (κ2) is 5.17. The van der Waals surface area contributed by atoms with Gasteiger partial charge in [-0.1, -0.05) is 0 Å². The number of ether oxygens (including phenoxy) is 1. The summed E-state index contributed by atoms with van der Waals surface area (Å²) in [6.45, 7) is 0. The van der Waals surface area contributed by atoms with E-state index in [0.717, 1.165) is 0 Å². The number of nitrogens with zero attached hydrogens (tertiary/aromatic N) is 4. The number of aromatic nitrogens is 4. The summed E-state index contributed by atoms with van der Waals surface area (Å²) in [5.74, 6) is 0.846. The molecule has 0 saturated carbocycles. The SMILES string of the molecule is CSCC1OC(n2cnc3ncnc(N)c32)C(O)C1O. The normalized spacial score (nSPS) is 30.1. The van der Waals surface area contributed by atoms with E-state index >= 15 is 0 Å². The van der Waals surface area contributed by atoms with Crippen molar-refractivity contribution in [2.75, 3.05) is 17.7 Å². The Kier molecular flexibility index (Phi) is 3.50. The van der Waals surface area contributed by atoms with E-state index < -0.39 is 24.5 Å². The molecule has 1 aliphatic heterocycles. The van der Waals surface area contributed by atoms with Crippen molar-refractivity contribution in [1.29, 1.82) is 0 Å². The Labute approximate surface area is 119 Å². The Morgan fingerprint density at radius 1 is 1.35 bits per heavy atom. The van der Waals surface area contributed by atoms with Crippen LogP contribution in [0.25, 0.3) is 11.2 Å². The zero-order chi connectivity index (χ0) is 14.3. The predicted molar refractivity (Wildman–Crippen MR) is 74.0 cm³/mol. The average Bonchev–Trinajstić information content (AvgIpc) is 2.97.